The molecule has 0 aliphatic carbocycles. The number of halogens is 2. The van der Waals surface area contributed by atoms with Crippen LogP contribution >= 0.6 is 0 Å². The van der Waals surface area contributed by atoms with E-state index in [9.17, 15) is 8.78 Å². The summed E-state index contributed by atoms with van der Waals surface area (Å²) in [6, 6.07) is 0. The van der Waals surface area contributed by atoms with E-state index in [1.165, 1.54) is 0 Å². The third kappa shape index (κ3) is 3.48. The van der Waals surface area contributed by atoms with Gasteiger partial charge >= 0.3 is 0 Å². The van der Waals surface area contributed by atoms with Crippen LogP contribution in [-0.2, 0) is 0 Å². The first-order chi connectivity index (χ1) is 7.50. The summed E-state index contributed by atoms with van der Waals surface area (Å²) in [4.78, 5) is 7.43. The molecule has 0 radical (unpaired) electrons. The number of ether oxygens (including phenoxy) is 2. The molecule has 7 heteroatoms. The van der Waals surface area contributed by atoms with E-state index in [1.807, 2.05) is 0 Å². The second-order valence-electron chi connectivity index (χ2n) is 3.27. The molecule has 0 unspecified atom stereocenters. The first-order valence-electron chi connectivity index (χ1n) is 4.68. The summed E-state index contributed by atoms with van der Waals surface area (Å²) in [5.41, 5.74) is 5.62. The van der Waals surface area contributed by atoms with Gasteiger partial charge in [-0.25, -0.2) is 8.78 Å². The summed E-state index contributed by atoms with van der Waals surface area (Å²) in [5.74, 6) is 0.0419. The average Bonchev–Trinajstić information content (AvgIpc) is 2.18. The Kier molecular flexibility index (Phi) is 4.21. The number of rotatable bonds is 5. The van der Waals surface area contributed by atoms with Gasteiger partial charge in [-0.05, 0) is 13.8 Å². The summed E-state index contributed by atoms with van der Waals surface area (Å²) in [7, 11) is 0. The molecule has 1 aromatic rings. The van der Waals surface area contributed by atoms with E-state index in [0.29, 0.717) is 0 Å². The molecule has 0 fully saturated rings. The minimum Gasteiger partial charge on any atom is -0.473 e. The summed E-state index contributed by atoms with van der Waals surface area (Å²) < 4.78 is 33.8. The van der Waals surface area contributed by atoms with Gasteiger partial charge in [-0.3, -0.25) is 0 Å². The van der Waals surface area contributed by atoms with Crippen LogP contribution < -0.4 is 15.2 Å². The van der Waals surface area contributed by atoms with E-state index < -0.39 is 13.0 Å². The number of anilines is 1. The van der Waals surface area contributed by atoms with Crippen molar-refractivity contribution in [3.05, 3.63) is 6.33 Å². The first-order valence-corrected chi connectivity index (χ1v) is 4.68. The summed E-state index contributed by atoms with van der Waals surface area (Å²) in [5, 5.41) is 0. The van der Waals surface area contributed by atoms with E-state index in [4.69, 9.17) is 15.2 Å². The number of alkyl halides is 2. The van der Waals surface area contributed by atoms with Gasteiger partial charge in [-0.15, -0.1) is 0 Å². The van der Waals surface area contributed by atoms with Crippen LogP contribution in [0.4, 0.5) is 14.5 Å². The number of nitrogens with two attached hydrogens (primary N) is 1. The van der Waals surface area contributed by atoms with Gasteiger partial charge in [-0.2, -0.15) is 9.97 Å². The van der Waals surface area contributed by atoms with Crippen molar-refractivity contribution in [1.29, 1.82) is 0 Å². The van der Waals surface area contributed by atoms with Crippen molar-refractivity contribution in [2.75, 3.05) is 12.3 Å². The Morgan fingerprint density at radius 2 is 1.94 bits per heavy atom. The van der Waals surface area contributed by atoms with Gasteiger partial charge in [0.25, 0.3) is 6.43 Å². The lowest BCUT2D eigenvalue weighted by atomic mass is 10.4. The van der Waals surface area contributed by atoms with Gasteiger partial charge < -0.3 is 15.2 Å². The molecule has 1 heterocycles. The molecule has 0 spiro atoms. The van der Waals surface area contributed by atoms with Crippen molar-refractivity contribution < 1.29 is 18.3 Å². The molecule has 0 amide bonds. The van der Waals surface area contributed by atoms with Crippen LogP contribution in [0.15, 0.2) is 6.33 Å². The predicted molar refractivity (Wildman–Crippen MR) is 53.7 cm³/mol. The van der Waals surface area contributed by atoms with Gasteiger partial charge in [0.15, 0.2) is 12.3 Å². The van der Waals surface area contributed by atoms with Gasteiger partial charge in [0.05, 0.1) is 6.10 Å². The molecular weight excluding hydrogens is 220 g/mol. The molecule has 0 aromatic carbocycles. The lowest BCUT2D eigenvalue weighted by Gasteiger charge is -2.12. The molecule has 1 rings (SSSR count). The van der Waals surface area contributed by atoms with Gasteiger partial charge in [0, 0.05) is 0 Å². The summed E-state index contributed by atoms with van der Waals surface area (Å²) >= 11 is 0. The fourth-order valence-electron chi connectivity index (χ4n) is 0.938. The maximum atomic E-state index is 11.9. The van der Waals surface area contributed by atoms with Crippen molar-refractivity contribution >= 4 is 5.69 Å². The molecule has 0 atom stereocenters. The molecule has 0 saturated carbocycles. The highest BCUT2D eigenvalue weighted by atomic mass is 19.3. The van der Waals surface area contributed by atoms with Crippen molar-refractivity contribution in [2.45, 2.75) is 26.4 Å². The normalized spacial score (nSPS) is 10.9. The largest absolute Gasteiger partial charge is 0.473 e. The maximum Gasteiger partial charge on any atom is 0.272 e. The molecule has 5 nitrogen and oxygen atoms in total. The lowest BCUT2D eigenvalue weighted by molar-refractivity contribution is 0.0796. The zero-order chi connectivity index (χ0) is 12.1. The second kappa shape index (κ2) is 5.43. The van der Waals surface area contributed by atoms with Crippen molar-refractivity contribution in [1.82, 2.24) is 9.97 Å². The number of hydrogen-bond acceptors (Lipinski definition) is 5. The van der Waals surface area contributed by atoms with Crippen molar-refractivity contribution in [3.63, 3.8) is 0 Å². The Bertz CT molecular complexity index is 348. The van der Waals surface area contributed by atoms with Crippen LogP contribution in [0.25, 0.3) is 0 Å². The number of nitrogens with zero attached hydrogens (tertiary/aromatic N) is 2. The van der Waals surface area contributed by atoms with Gasteiger partial charge in [0.1, 0.15) is 6.33 Å². The standard InChI is InChI=1S/C9H13F2N3O2/c1-5(2)16-9-7(12)8(13-4-14-9)15-3-6(10)11/h4-6H,3,12H2,1-2H3. The van der Waals surface area contributed by atoms with E-state index >= 15 is 0 Å². The highest BCUT2D eigenvalue weighted by Gasteiger charge is 2.13. The number of hydrogen-bond donors (Lipinski definition) is 1. The molecular formula is C9H13F2N3O2. The Morgan fingerprint density at radius 3 is 2.50 bits per heavy atom. The summed E-state index contributed by atoms with van der Waals surface area (Å²) in [6.45, 7) is 2.82. The van der Waals surface area contributed by atoms with Crippen LogP contribution in [-0.4, -0.2) is 29.1 Å². The third-order valence-electron chi connectivity index (χ3n) is 1.50. The molecule has 0 bridgehead atoms. The van der Waals surface area contributed by atoms with Crippen LogP contribution in [0.5, 0.6) is 11.8 Å². The second-order valence-corrected chi connectivity index (χ2v) is 3.27. The van der Waals surface area contributed by atoms with Crippen LogP contribution in [0.1, 0.15) is 13.8 Å². The topological polar surface area (TPSA) is 70.3 Å². The molecule has 0 saturated heterocycles. The zero-order valence-corrected chi connectivity index (χ0v) is 8.98. The Morgan fingerprint density at radius 1 is 1.31 bits per heavy atom. The SMILES string of the molecule is CC(C)Oc1ncnc(OCC(F)F)c1N. The van der Waals surface area contributed by atoms with Crippen molar-refractivity contribution in [3.8, 4) is 11.8 Å². The maximum absolute atomic E-state index is 11.9. The van der Waals surface area contributed by atoms with Crippen LogP contribution in [0.2, 0.25) is 0 Å². The van der Waals surface area contributed by atoms with Gasteiger partial charge in [0.2, 0.25) is 11.8 Å². The quantitative estimate of drug-likeness (QED) is 0.834. The Hall–Kier alpha value is -1.66. The first kappa shape index (κ1) is 12.4. The van der Waals surface area contributed by atoms with E-state index in [0.717, 1.165) is 6.33 Å². The van der Waals surface area contributed by atoms with E-state index in [-0.39, 0.29) is 23.6 Å². The van der Waals surface area contributed by atoms with Crippen molar-refractivity contribution in [2.24, 2.45) is 0 Å². The average molecular weight is 233 g/mol. The monoisotopic (exact) mass is 233 g/mol. The highest BCUT2D eigenvalue weighted by molar-refractivity contribution is 5.55. The molecule has 0 aliphatic rings. The summed E-state index contributed by atoms with van der Waals surface area (Å²) in [6.07, 6.45) is -1.56. The van der Waals surface area contributed by atoms with E-state index in [2.05, 4.69) is 9.97 Å². The molecule has 0 aliphatic heterocycles. The van der Waals surface area contributed by atoms with Crippen LogP contribution in [0, 0.1) is 0 Å². The van der Waals surface area contributed by atoms with Gasteiger partial charge in [-0.1, -0.05) is 0 Å². The molecule has 90 valence electrons. The highest BCUT2D eigenvalue weighted by Crippen LogP contribution is 2.27. The van der Waals surface area contributed by atoms with Crippen LogP contribution in [0.3, 0.4) is 0 Å². The fraction of sp³-hybridized carbons (Fsp3) is 0.556. The minimum absolute atomic E-state index is 0.0249. The predicted octanol–water partition coefficient (Wildman–Crippen LogP) is 1.49. The Balaban J connectivity index is 2.78. The zero-order valence-electron chi connectivity index (χ0n) is 8.98. The molecule has 2 N–H and O–H groups in total. The fourth-order valence-corrected chi connectivity index (χ4v) is 0.938. The number of aromatic nitrogens is 2. The third-order valence-corrected chi connectivity index (χ3v) is 1.50. The molecule has 1 aromatic heterocycles. The van der Waals surface area contributed by atoms with E-state index in [1.54, 1.807) is 13.8 Å². The smallest absolute Gasteiger partial charge is 0.272 e. The molecule has 16 heavy (non-hydrogen) atoms. The lowest BCUT2D eigenvalue weighted by Crippen LogP contribution is -2.13. The Labute approximate surface area is 91.6 Å². The number of nitrogen functional groups attached to an aromatic ring is 1. The minimum atomic E-state index is -2.58.